The summed E-state index contributed by atoms with van der Waals surface area (Å²) in [5.74, 6) is 0.356. The van der Waals surface area contributed by atoms with E-state index in [1.54, 1.807) is 12.4 Å². The van der Waals surface area contributed by atoms with Crippen LogP contribution in [-0.4, -0.2) is 82.5 Å². The van der Waals surface area contributed by atoms with Gasteiger partial charge in [0.25, 0.3) is 0 Å². The van der Waals surface area contributed by atoms with Gasteiger partial charge in [-0.05, 0) is 42.5 Å². The quantitative estimate of drug-likeness (QED) is 0.701. The van der Waals surface area contributed by atoms with Crippen molar-refractivity contribution in [2.75, 3.05) is 39.4 Å². The monoisotopic (exact) mass is 448 g/mol. The molecule has 4 heterocycles. The van der Waals surface area contributed by atoms with Crippen LogP contribution in [0.1, 0.15) is 30.4 Å². The normalized spacial score (nSPS) is 24.5. The van der Waals surface area contributed by atoms with Gasteiger partial charge in [0.05, 0.1) is 25.1 Å². The van der Waals surface area contributed by atoms with E-state index >= 15 is 0 Å². The summed E-state index contributed by atoms with van der Waals surface area (Å²) in [5.41, 5.74) is 2.05. The van der Waals surface area contributed by atoms with E-state index < -0.39 is 0 Å². The number of hydrogen-bond acceptors (Lipinski definition) is 5. The van der Waals surface area contributed by atoms with Gasteiger partial charge < -0.3 is 14.5 Å². The molecule has 3 aliphatic heterocycles. The van der Waals surface area contributed by atoms with Gasteiger partial charge in [0, 0.05) is 51.2 Å². The number of piperazine rings is 1. The van der Waals surface area contributed by atoms with Gasteiger partial charge in [-0.15, -0.1) is 0 Å². The van der Waals surface area contributed by atoms with Crippen LogP contribution in [0.15, 0.2) is 54.9 Å². The van der Waals surface area contributed by atoms with Crippen LogP contribution in [0.3, 0.4) is 0 Å². The number of ether oxygens (including phenoxy) is 1. The number of carbonyl (C=O) groups is 2. The van der Waals surface area contributed by atoms with Crippen LogP contribution in [0.25, 0.3) is 0 Å². The lowest BCUT2D eigenvalue weighted by molar-refractivity contribution is -0.149. The molecule has 7 nitrogen and oxygen atoms in total. The summed E-state index contributed by atoms with van der Waals surface area (Å²) in [4.78, 5) is 36.4. The van der Waals surface area contributed by atoms with E-state index in [9.17, 15) is 9.59 Å². The predicted molar refractivity (Wildman–Crippen MR) is 124 cm³/mol. The molecule has 0 bridgehead atoms. The molecule has 1 atom stereocenters. The summed E-state index contributed by atoms with van der Waals surface area (Å²) in [6.45, 7) is 4.69. The largest absolute Gasteiger partial charge is 0.379 e. The molecule has 1 spiro atoms. The number of piperidine rings is 1. The number of pyridine rings is 1. The Labute approximate surface area is 195 Å². The average Bonchev–Trinajstić information content (AvgIpc) is 3.31. The van der Waals surface area contributed by atoms with Crippen LogP contribution in [-0.2, 0) is 27.3 Å². The van der Waals surface area contributed by atoms with Crippen molar-refractivity contribution in [3.05, 3.63) is 66.0 Å². The SMILES string of the molecule is O=C(Cc1ccncc1)N1CCC(N2CC(=O)N(Cc3ccccc3)CC23CCOC3)CC1. The Morgan fingerprint density at radius 3 is 2.52 bits per heavy atom. The molecule has 0 N–H and O–H groups in total. The summed E-state index contributed by atoms with van der Waals surface area (Å²) in [6.07, 6.45) is 6.62. The van der Waals surface area contributed by atoms with E-state index in [1.807, 2.05) is 40.1 Å². The highest BCUT2D eigenvalue weighted by atomic mass is 16.5. The smallest absolute Gasteiger partial charge is 0.237 e. The number of carbonyl (C=O) groups excluding carboxylic acids is 2. The van der Waals surface area contributed by atoms with Crippen LogP contribution in [0.4, 0.5) is 0 Å². The second kappa shape index (κ2) is 9.61. The molecule has 2 aromatic rings. The molecule has 0 radical (unpaired) electrons. The van der Waals surface area contributed by atoms with Gasteiger partial charge in [-0.2, -0.15) is 0 Å². The van der Waals surface area contributed by atoms with Crippen molar-refractivity contribution >= 4 is 11.8 Å². The lowest BCUT2D eigenvalue weighted by Crippen LogP contribution is -2.68. The first-order valence-electron chi connectivity index (χ1n) is 12.0. The van der Waals surface area contributed by atoms with E-state index in [4.69, 9.17) is 4.74 Å². The van der Waals surface area contributed by atoms with Crippen LogP contribution in [0.5, 0.6) is 0 Å². The van der Waals surface area contributed by atoms with Gasteiger partial charge in [-0.3, -0.25) is 19.5 Å². The van der Waals surface area contributed by atoms with Crippen LogP contribution in [0.2, 0.25) is 0 Å². The maximum Gasteiger partial charge on any atom is 0.237 e. The van der Waals surface area contributed by atoms with Crippen LogP contribution >= 0.6 is 0 Å². The van der Waals surface area contributed by atoms with E-state index in [0.717, 1.165) is 50.1 Å². The molecule has 7 heteroatoms. The summed E-state index contributed by atoms with van der Waals surface area (Å²) in [6, 6.07) is 14.3. The van der Waals surface area contributed by atoms with E-state index in [1.165, 1.54) is 0 Å². The molecule has 2 amide bonds. The first-order chi connectivity index (χ1) is 16.1. The van der Waals surface area contributed by atoms with Crippen LogP contribution in [0, 0.1) is 0 Å². The van der Waals surface area contributed by atoms with Crippen molar-refractivity contribution in [2.45, 2.75) is 43.8 Å². The lowest BCUT2D eigenvalue weighted by atomic mass is 9.87. The second-order valence-electron chi connectivity index (χ2n) is 9.53. The van der Waals surface area contributed by atoms with Crippen LogP contribution < -0.4 is 0 Å². The summed E-state index contributed by atoms with van der Waals surface area (Å²) in [5, 5.41) is 0. The number of amides is 2. The van der Waals surface area contributed by atoms with Crippen molar-refractivity contribution < 1.29 is 14.3 Å². The fraction of sp³-hybridized carbons (Fsp3) is 0.500. The third kappa shape index (κ3) is 4.80. The molecule has 0 aliphatic carbocycles. The van der Waals surface area contributed by atoms with E-state index in [-0.39, 0.29) is 17.4 Å². The first kappa shape index (κ1) is 22.0. The molecule has 0 saturated carbocycles. The topological polar surface area (TPSA) is 66.0 Å². The number of hydrogen-bond donors (Lipinski definition) is 0. The molecule has 1 aromatic carbocycles. The molecular weight excluding hydrogens is 416 g/mol. The molecular formula is C26H32N4O3. The standard InChI is InChI=1S/C26H32N4O3/c31-24(16-21-6-11-27-12-7-21)28-13-8-23(9-14-28)30-18-25(32)29(17-22-4-2-1-3-5-22)19-26(30)10-15-33-20-26/h1-7,11-12,23H,8-10,13-20H2. The number of benzene rings is 1. The van der Waals surface area contributed by atoms with E-state index in [0.29, 0.717) is 38.7 Å². The van der Waals surface area contributed by atoms with Gasteiger partial charge in [-0.1, -0.05) is 30.3 Å². The highest BCUT2D eigenvalue weighted by molar-refractivity contribution is 5.80. The van der Waals surface area contributed by atoms with Gasteiger partial charge in [-0.25, -0.2) is 0 Å². The average molecular weight is 449 g/mol. The fourth-order valence-corrected chi connectivity index (χ4v) is 5.57. The van der Waals surface area contributed by atoms with E-state index in [2.05, 4.69) is 22.0 Å². The zero-order valence-corrected chi connectivity index (χ0v) is 19.1. The Hall–Kier alpha value is -2.77. The van der Waals surface area contributed by atoms with Crippen molar-refractivity contribution in [1.82, 2.24) is 19.7 Å². The minimum Gasteiger partial charge on any atom is -0.379 e. The third-order valence-electron chi connectivity index (χ3n) is 7.41. The number of nitrogens with zero attached hydrogens (tertiary/aromatic N) is 4. The fourth-order valence-electron chi connectivity index (χ4n) is 5.57. The zero-order valence-electron chi connectivity index (χ0n) is 19.1. The van der Waals surface area contributed by atoms with Gasteiger partial charge in [0.2, 0.25) is 11.8 Å². The van der Waals surface area contributed by atoms with Gasteiger partial charge in [0.15, 0.2) is 0 Å². The number of aromatic nitrogens is 1. The molecule has 1 unspecified atom stereocenters. The molecule has 33 heavy (non-hydrogen) atoms. The Morgan fingerprint density at radius 2 is 1.82 bits per heavy atom. The molecule has 174 valence electrons. The molecule has 3 aliphatic rings. The highest BCUT2D eigenvalue weighted by Gasteiger charge is 2.50. The number of rotatable bonds is 5. The van der Waals surface area contributed by atoms with Gasteiger partial charge in [0.1, 0.15) is 0 Å². The molecule has 3 fully saturated rings. The zero-order chi connectivity index (χ0) is 22.7. The summed E-state index contributed by atoms with van der Waals surface area (Å²) >= 11 is 0. The minimum absolute atomic E-state index is 0.115. The van der Waals surface area contributed by atoms with Gasteiger partial charge >= 0.3 is 0 Å². The Morgan fingerprint density at radius 1 is 1.06 bits per heavy atom. The molecule has 3 saturated heterocycles. The van der Waals surface area contributed by atoms with Crippen molar-refractivity contribution in [3.63, 3.8) is 0 Å². The predicted octanol–water partition coefficient (Wildman–Crippen LogP) is 2.12. The van der Waals surface area contributed by atoms with Crippen molar-refractivity contribution in [1.29, 1.82) is 0 Å². The first-order valence-corrected chi connectivity index (χ1v) is 12.0. The summed E-state index contributed by atoms with van der Waals surface area (Å²) in [7, 11) is 0. The van der Waals surface area contributed by atoms with Crippen molar-refractivity contribution in [2.24, 2.45) is 0 Å². The molecule has 1 aromatic heterocycles. The summed E-state index contributed by atoms with van der Waals surface area (Å²) < 4.78 is 5.87. The Kier molecular flexibility index (Phi) is 6.42. The second-order valence-corrected chi connectivity index (χ2v) is 9.53. The lowest BCUT2D eigenvalue weighted by Gasteiger charge is -2.52. The maximum atomic E-state index is 13.1. The maximum absolute atomic E-state index is 13.1. The molecule has 5 rings (SSSR count). The van der Waals surface area contributed by atoms with Crippen molar-refractivity contribution in [3.8, 4) is 0 Å². The Balaban J connectivity index is 1.23. The highest BCUT2D eigenvalue weighted by Crippen LogP contribution is 2.35. The third-order valence-corrected chi connectivity index (χ3v) is 7.41. The minimum atomic E-state index is -0.115. The number of likely N-dealkylation sites (tertiary alicyclic amines) is 1. The Bertz CT molecular complexity index is 954.